The highest BCUT2D eigenvalue weighted by atomic mass is 32.1. The summed E-state index contributed by atoms with van der Waals surface area (Å²) in [4.78, 5) is 14.1. The molecular formula is C14H13N3O3S2. The molecule has 0 bridgehead atoms. The number of rotatable bonds is 5. The Hall–Kier alpha value is -2.03. The Kier molecular flexibility index (Phi) is 4.32. The molecule has 3 aromatic rings. The number of thiophene rings is 1. The van der Waals surface area contributed by atoms with E-state index in [9.17, 15) is 9.90 Å². The van der Waals surface area contributed by atoms with Crippen LogP contribution >= 0.6 is 22.9 Å². The molecule has 0 aliphatic rings. The van der Waals surface area contributed by atoms with Crippen LogP contribution in [-0.4, -0.2) is 27.1 Å². The molecular weight excluding hydrogens is 322 g/mol. The minimum atomic E-state index is -0.765. The van der Waals surface area contributed by atoms with Crippen molar-refractivity contribution >= 4 is 28.8 Å². The maximum Gasteiger partial charge on any atom is 0.265 e. The monoisotopic (exact) mass is 335 g/mol. The van der Waals surface area contributed by atoms with Crippen LogP contribution in [0.4, 0.5) is 0 Å². The Morgan fingerprint density at radius 3 is 3.00 bits per heavy atom. The smallest absolute Gasteiger partial charge is 0.265 e. The molecule has 3 heterocycles. The van der Waals surface area contributed by atoms with E-state index < -0.39 is 6.10 Å². The minimum absolute atomic E-state index is 0.133. The molecule has 0 saturated heterocycles. The largest absolute Gasteiger partial charge is 0.464 e. The van der Waals surface area contributed by atoms with Gasteiger partial charge in [-0.25, -0.2) is 0 Å². The third kappa shape index (κ3) is 3.08. The molecule has 0 fully saturated rings. The molecule has 0 radical (unpaired) electrons. The van der Waals surface area contributed by atoms with Gasteiger partial charge >= 0.3 is 0 Å². The third-order valence-electron chi connectivity index (χ3n) is 3.03. The van der Waals surface area contributed by atoms with E-state index in [0.717, 1.165) is 27.0 Å². The molecule has 0 aromatic carbocycles. The Morgan fingerprint density at radius 1 is 1.45 bits per heavy atom. The van der Waals surface area contributed by atoms with Gasteiger partial charge in [0.2, 0.25) is 0 Å². The van der Waals surface area contributed by atoms with Crippen molar-refractivity contribution in [2.75, 3.05) is 6.54 Å². The molecule has 3 rings (SSSR count). The van der Waals surface area contributed by atoms with Crippen LogP contribution in [0.2, 0.25) is 0 Å². The SMILES string of the molecule is Cc1nnsc1C(=O)NCC(O)c1ccc(-c2ccco2)s1. The number of aliphatic hydroxyl groups is 1. The first-order valence-corrected chi connectivity index (χ1v) is 8.13. The van der Waals surface area contributed by atoms with Gasteiger partial charge in [-0.1, -0.05) is 4.49 Å². The first-order chi connectivity index (χ1) is 10.6. The predicted octanol–water partition coefficient (Wildman–Crippen LogP) is 2.63. The Bertz CT molecular complexity index is 764. The van der Waals surface area contributed by atoms with Gasteiger partial charge in [0.15, 0.2) is 0 Å². The van der Waals surface area contributed by atoms with Gasteiger partial charge < -0.3 is 14.8 Å². The summed E-state index contributed by atoms with van der Waals surface area (Å²) in [5, 5.41) is 16.7. The van der Waals surface area contributed by atoms with Gasteiger partial charge in [-0.15, -0.1) is 16.4 Å². The van der Waals surface area contributed by atoms with Gasteiger partial charge in [-0.3, -0.25) is 4.79 Å². The van der Waals surface area contributed by atoms with Crippen molar-refractivity contribution in [2.24, 2.45) is 0 Å². The molecule has 0 spiro atoms. The summed E-state index contributed by atoms with van der Waals surface area (Å²) in [6.07, 6.45) is 0.843. The van der Waals surface area contributed by atoms with Crippen molar-refractivity contribution in [3.8, 4) is 10.6 Å². The molecule has 0 saturated carbocycles. The molecule has 1 unspecified atom stereocenters. The van der Waals surface area contributed by atoms with Crippen LogP contribution in [0.3, 0.4) is 0 Å². The van der Waals surface area contributed by atoms with Crippen LogP contribution in [0, 0.1) is 6.92 Å². The molecule has 6 nitrogen and oxygen atoms in total. The number of amides is 1. The second-order valence-corrected chi connectivity index (χ2v) is 6.46. The van der Waals surface area contributed by atoms with E-state index in [1.807, 2.05) is 24.3 Å². The average Bonchev–Trinajstić information content (AvgIpc) is 3.23. The minimum Gasteiger partial charge on any atom is -0.464 e. The fourth-order valence-corrected chi connectivity index (χ4v) is 3.43. The Balaban J connectivity index is 1.62. The number of hydrogen-bond donors (Lipinski definition) is 2. The molecule has 0 aliphatic carbocycles. The second kappa shape index (κ2) is 6.39. The summed E-state index contributed by atoms with van der Waals surface area (Å²) >= 11 is 2.48. The van der Waals surface area contributed by atoms with Crippen molar-refractivity contribution in [1.82, 2.24) is 14.9 Å². The highest BCUT2D eigenvalue weighted by Crippen LogP contribution is 2.31. The number of furan rings is 1. The van der Waals surface area contributed by atoms with Crippen LogP contribution in [-0.2, 0) is 0 Å². The quantitative estimate of drug-likeness (QED) is 0.748. The molecule has 8 heteroatoms. The van der Waals surface area contributed by atoms with Crippen molar-refractivity contribution in [1.29, 1.82) is 0 Å². The second-order valence-electron chi connectivity index (χ2n) is 4.59. The van der Waals surface area contributed by atoms with Gasteiger partial charge in [0, 0.05) is 11.4 Å². The molecule has 22 heavy (non-hydrogen) atoms. The summed E-state index contributed by atoms with van der Waals surface area (Å²) in [5.74, 6) is 0.494. The molecule has 1 amide bonds. The normalized spacial score (nSPS) is 12.3. The fraction of sp³-hybridized carbons (Fsp3) is 0.214. The fourth-order valence-electron chi connectivity index (χ4n) is 1.89. The van der Waals surface area contributed by atoms with Crippen molar-refractivity contribution in [3.05, 3.63) is 46.0 Å². The standard InChI is InChI=1S/C14H13N3O3S2/c1-8-13(22-17-16-8)14(19)15-7-9(18)11-4-5-12(21-11)10-3-2-6-20-10/h2-6,9,18H,7H2,1H3,(H,15,19). The maximum atomic E-state index is 12.0. The van der Waals surface area contributed by atoms with E-state index in [-0.39, 0.29) is 12.5 Å². The van der Waals surface area contributed by atoms with Crippen molar-refractivity contribution in [3.63, 3.8) is 0 Å². The van der Waals surface area contributed by atoms with E-state index in [4.69, 9.17) is 4.42 Å². The lowest BCUT2D eigenvalue weighted by molar-refractivity contribution is 0.0921. The van der Waals surface area contributed by atoms with Crippen LogP contribution in [0.25, 0.3) is 10.6 Å². The van der Waals surface area contributed by atoms with E-state index in [1.165, 1.54) is 11.3 Å². The lowest BCUT2D eigenvalue weighted by atomic mass is 10.2. The first kappa shape index (κ1) is 14.9. The van der Waals surface area contributed by atoms with Gasteiger partial charge in [0.25, 0.3) is 5.91 Å². The van der Waals surface area contributed by atoms with Gasteiger partial charge in [-0.05, 0) is 42.7 Å². The van der Waals surface area contributed by atoms with E-state index in [2.05, 4.69) is 14.9 Å². The van der Waals surface area contributed by atoms with Gasteiger partial charge in [-0.2, -0.15) is 0 Å². The van der Waals surface area contributed by atoms with E-state index in [1.54, 1.807) is 13.2 Å². The summed E-state index contributed by atoms with van der Waals surface area (Å²) < 4.78 is 9.04. The number of nitrogens with zero attached hydrogens (tertiary/aromatic N) is 2. The zero-order valence-corrected chi connectivity index (χ0v) is 13.3. The van der Waals surface area contributed by atoms with Crippen LogP contribution in [0.15, 0.2) is 34.9 Å². The highest BCUT2D eigenvalue weighted by molar-refractivity contribution is 7.15. The number of hydrogen-bond acceptors (Lipinski definition) is 7. The highest BCUT2D eigenvalue weighted by Gasteiger charge is 2.17. The lowest BCUT2D eigenvalue weighted by Gasteiger charge is -2.09. The van der Waals surface area contributed by atoms with Gasteiger partial charge in [0.05, 0.1) is 16.8 Å². The zero-order valence-electron chi connectivity index (χ0n) is 11.6. The number of aromatic nitrogens is 2. The molecule has 114 valence electrons. The molecule has 1 atom stereocenters. The van der Waals surface area contributed by atoms with Crippen molar-refractivity contribution < 1.29 is 14.3 Å². The third-order valence-corrected chi connectivity index (χ3v) is 5.06. The maximum absolute atomic E-state index is 12.0. The number of carbonyl (C=O) groups is 1. The number of nitrogens with one attached hydrogen (secondary N) is 1. The molecule has 0 aliphatic heterocycles. The zero-order chi connectivity index (χ0) is 15.5. The number of aliphatic hydroxyl groups excluding tert-OH is 1. The molecule has 2 N–H and O–H groups in total. The summed E-state index contributed by atoms with van der Waals surface area (Å²) in [6, 6.07) is 7.40. The van der Waals surface area contributed by atoms with Crippen LogP contribution in [0.5, 0.6) is 0 Å². The molecule has 3 aromatic heterocycles. The average molecular weight is 335 g/mol. The van der Waals surface area contributed by atoms with Crippen LogP contribution in [0.1, 0.15) is 26.3 Å². The first-order valence-electron chi connectivity index (χ1n) is 6.54. The van der Waals surface area contributed by atoms with E-state index >= 15 is 0 Å². The van der Waals surface area contributed by atoms with Gasteiger partial charge in [0.1, 0.15) is 16.7 Å². The summed E-state index contributed by atoms with van der Waals surface area (Å²) in [5.41, 5.74) is 0.591. The number of aryl methyl sites for hydroxylation is 1. The van der Waals surface area contributed by atoms with Crippen molar-refractivity contribution in [2.45, 2.75) is 13.0 Å². The summed E-state index contributed by atoms with van der Waals surface area (Å²) in [6.45, 7) is 1.86. The summed E-state index contributed by atoms with van der Waals surface area (Å²) in [7, 11) is 0. The van der Waals surface area contributed by atoms with E-state index in [0.29, 0.717) is 10.6 Å². The van der Waals surface area contributed by atoms with Crippen LogP contribution < -0.4 is 5.32 Å². The number of carbonyl (C=O) groups excluding carboxylic acids is 1. The predicted molar refractivity (Wildman–Crippen MR) is 84.0 cm³/mol. The lowest BCUT2D eigenvalue weighted by Crippen LogP contribution is -2.27. The Labute approximate surface area is 134 Å². The Morgan fingerprint density at radius 2 is 2.32 bits per heavy atom. The topological polar surface area (TPSA) is 88.2 Å².